The van der Waals surface area contributed by atoms with Gasteiger partial charge in [-0.3, -0.25) is 10.1 Å². The van der Waals surface area contributed by atoms with Crippen LogP contribution in [0.15, 0.2) is 18.2 Å². The van der Waals surface area contributed by atoms with Crippen molar-refractivity contribution in [1.29, 1.82) is 0 Å². The van der Waals surface area contributed by atoms with E-state index in [0.29, 0.717) is 17.9 Å². The van der Waals surface area contributed by atoms with Crippen molar-refractivity contribution < 1.29 is 15.1 Å². The molecule has 0 saturated heterocycles. The number of aliphatic hydroxyl groups is 2. The van der Waals surface area contributed by atoms with Gasteiger partial charge in [-0.1, -0.05) is 6.07 Å². The van der Waals surface area contributed by atoms with Crippen LogP contribution in [-0.2, 0) is 0 Å². The van der Waals surface area contributed by atoms with Gasteiger partial charge in [0.2, 0.25) is 0 Å². The van der Waals surface area contributed by atoms with E-state index in [9.17, 15) is 15.2 Å². The Labute approximate surface area is 111 Å². The number of nitrogens with one attached hydrogen (secondary N) is 2. The molecule has 0 aliphatic carbocycles. The third kappa shape index (κ3) is 4.08. The number of nitrogens with zero attached hydrogens (tertiary/aromatic N) is 1. The lowest BCUT2D eigenvalue weighted by molar-refractivity contribution is -0.383. The number of nitro groups is 1. The number of hydrogen-bond donors (Lipinski definition) is 4. The van der Waals surface area contributed by atoms with Crippen molar-refractivity contribution in [2.45, 2.75) is 19.4 Å². The Kier molecular flexibility index (Phi) is 5.08. The number of nitro benzene ring substituents is 1. The van der Waals surface area contributed by atoms with Crippen molar-refractivity contribution in [3.8, 4) is 0 Å². The molecule has 0 aliphatic heterocycles. The van der Waals surface area contributed by atoms with E-state index >= 15 is 0 Å². The summed E-state index contributed by atoms with van der Waals surface area (Å²) in [5.74, 6) is 0. The Morgan fingerprint density at radius 3 is 2.42 bits per heavy atom. The van der Waals surface area contributed by atoms with E-state index in [2.05, 4.69) is 10.6 Å². The van der Waals surface area contributed by atoms with Crippen molar-refractivity contribution in [3.05, 3.63) is 28.3 Å². The van der Waals surface area contributed by atoms with Crippen LogP contribution in [0.1, 0.15) is 13.8 Å². The van der Waals surface area contributed by atoms with Crippen LogP contribution in [0, 0.1) is 10.1 Å². The maximum Gasteiger partial charge on any atom is 0.315 e. The second-order valence-corrected chi connectivity index (χ2v) is 4.50. The first-order chi connectivity index (χ1) is 8.91. The van der Waals surface area contributed by atoms with Crippen LogP contribution in [0.3, 0.4) is 0 Å². The maximum atomic E-state index is 11.1. The summed E-state index contributed by atoms with van der Waals surface area (Å²) in [5.41, 5.74) is -0.682. The van der Waals surface area contributed by atoms with Gasteiger partial charge >= 0.3 is 5.69 Å². The van der Waals surface area contributed by atoms with E-state index in [-0.39, 0.29) is 12.2 Å². The highest BCUT2D eigenvalue weighted by Gasteiger charge is 2.23. The lowest BCUT2D eigenvalue weighted by Crippen LogP contribution is -2.37. The standard InChI is InChI=1S/C12H19N3O4/c1-3-13-9-5-4-6-10(11(9)15(18)19)14-7-12(2,17)8-16/h4-6,13-14,16-17H,3,7-8H2,1-2H3. The second-order valence-electron chi connectivity index (χ2n) is 4.50. The average Bonchev–Trinajstić information content (AvgIpc) is 2.36. The third-order valence-electron chi connectivity index (χ3n) is 2.59. The van der Waals surface area contributed by atoms with Crippen LogP contribution in [0.5, 0.6) is 0 Å². The fraction of sp³-hybridized carbons (Fsp3) is 0.500. The molecular formula is C12H19N3O4. The summed E-state index contributed by atoms with van der Waals surface area (Å²) in [6.45, 7) is 3.44. The van der Waals surface area contributed by atoms with Crippen molar-refractivity contribution in [1.82, 2.24) is 0 Å². The van der Waals surface area contributed by atoms with Crippen LogP contribution in [0.25, 0.3) is 0 Å². The van der Waals surface area contributed by atoms with E-state index in [1.807, 2.05) is 6.92 Å². The number of para-hydroxylation sites is 1. The van der Waals surface area contributed by atoms with E-state index in [0.717, 1.165) is 0 Å². The van der Waals surface area contributed by atoms with Gasteiger partial charge < -0.3 is 20.8 Å². The minimum atomic E-state index is -1.33. The van der Waals surface area contributed by atoms with Crippen LogP contribution in [0.4, 0.5) is 17.1 Å². The predicted molar refractivity (Wildman–Crippen MR) is 73.5 cm³/mol. The summed E-state index contributed by atoms with van der Waals surface area (Å²) < 4.78 is 0. The Morgan fingerprint density at radius 2 is 1.95 bits per heavy atom. The van der Waals surface area contributed by atoms with Gasteiger partial charge in [-0.15, -0.1) is 0 Å². The first-order valence-electron chi connectivity index (χ1n) is 5.99. The topological polar surface area (TPSA) is 108 Å². The summed E-state index contributed by atoms with van der Waals surface area (Å²) in [7, 11) is 0. The molecule has 1 aromatic rings. The maximum absolute atomic E-state index is 11.1. The molecule has 1 rings (SSSR count). The van der Waals surface area contributed by atoms with Gasteiger partial charge in [0.05, 0.1) is 11.5 Å². The minimum Gasteiger partial charge on any atom is -0.393 e. The van der Waals surface area contributed by atoms with Gasteiger partial charge in [0.15, 0.2) is 0 Å². The first-order valence-corrected chi connectivity index (χ1v) is 5.99. The van der Waals surface area contributed by atoms with Crippen LogP contribution < -0.4 is 10.6 Å². The molecule has 7 nitrogen and oxygen atoms in total. The summed E-state index contributed by atoms with van der Waals surface area (Å²) in [4.78, 5) is 10.6. The number of rotatable bonds is 7. The molecule has 1 aromatic carbocycles. The molecule has 0 fully saturated rings. The molecule has 1 unspecified atom stereocenters. The molecule has 0 aromatic heterocycles. The normalized spacial score (nSPS) is 13.7. The highest BCUT2D eigenvalue weighted by Crippen LogP contribution is 2.32. The Balaban J connectivity index is 3.00. The van der Waals surface area contributed by atoms with Crippen molar-refractivity contribution in [2.75, 3.05) is 30.3 Å². The Bertz CT molecular complexity index is 449. The number of hydrogen-bond acceptors (Lipinski definition) is 6. The lowest BCUT2D eigenvalue weighted by atomic mass is 10.1. The largest absolute Gasteiger partial charge is 0.393 e. The zero-order chi connectivity index (χ0) is 14.5. The molecule has 106 valence electrons. The molecule has 0 aliphatic rings. The van der Waals surface area contributed by atoms with Crippen LogP contribution in [0.2, 0.25) is 0 Å². The summed E-state index contributed by atoms with van der Waals surface area (Å²) in [5, 5.41) is 35.5. The van der Waals surface area contributed by atoms with Gasteiger partial charge in [0.25, 0.3) is 0 Å². The number of aliphatic hydroxyl groups excluding tert-OH is 1. The second kappa shape index (κ2) is 6.35. The molecule has 0 saturated carbocycles. The van der Waals surface area contributed by atoms with Gasteiger partial charge in [-0.05, 0) is 26.0 Å². The van der Waals surface area contributed by atoms with E-state index in [1.165, 1.54) is 6.92 Å². The van der Waals surface area contributed by atoms with Gasteiger partial charge in [0, 0.05) is 13.1 Å². The molecule has 19 heavy (non-hydrogen) atoms. The molecule has 0 bridgehead atoms. The van der Waals surface area contributed by atoms with Crippen molar-refractivity contribution in [3.63, 3.8) is 0 Å². The lowest BCUT2D eigenvalue weighted by Gasteiger charge is -2.21. The molecule has 0 amide bonds. The monoisotopic (exact) mass is 269 g/mol. The van der Waals surface area contributed by atoms with Gasteiger partial charge in [-0.25, -0.2) is 0 Å². The first kappa shape index (κ1) is 15.2. The fourth-order valence-corrected chi connectivity index (χ4v) is 1.56. The average molecular weight is 269 g/mol. The number of benzene rings is 1. The van der Waals surface area contributed by atoms with Crippen LogP contribution >= 0.6 is 0 Å². The van der Waals surface area contributed by atoms with Gasteiger partial charge in [-0.2, -0.15) is 0 Å². The summed E-state index contributed by atoms with van der Waals surface area (Å²) >= 11 is 0. The molecular weight excluding hydrogens is 250 g/mol. The summed E-state index contributed by atoms with van der Waals surface area (Å²) in [6, 6.07) is 4.87. The Hall–Kier alpha value is -1.86. The Morgan fingerprint density at radius 1 is 1.37 bits per heavy atom. The van der Waals surface area contributed by atoms with E-state index < -0.39 is 17.1 Å². The SMILES string of the molecule is CCNc1cccc(NCC(C)(O)CO)c1[N+](=O)[O-]. The fourth-order valence-electron chi connectivity index (χ4n) is 1.56. The molecule has 1 atom stereocenters. The molecule has 0 spiro atoms. The highest BCUT2D eigenvalue weighted by atomic mass is 16.6. The number of anilines is 2. The highest BCUT2D eigenvalue weighted by molar-refractivity contribution is 5.76. The summed E-state index contributed by atoms with van der Waals surface area (Å²) in [6.07, 6.45) is 0. The quantitative estimate of drug-likeness (QED) is 0.437. The minimum absolute atomic E-state index is 0.0138. The molecule has 4 N–H and O–H groups in total. The smallest absolute Gasteiger partial charge is 0.315 e. The molecule has 7 heteroatoms. The molecule has 0 heterocycles. The van der Waals surface area contributed by atoms with E-state index in [4.69, 9.17) is 5.11 Å². The van der Waals surface area contributed by atoms with E-state index in [1.54, 1.807) is 18.2 Å². The zero-order valence-corrected chi connectivity index (χ0v) is 11.0. The third-order valence-corrected chi connectivity index (χ3v) is 2.59. The predicted octanol–water partition coefficient (Wildman–Crippen LogP) is 1.18. The van der Waals surface area contributed by atoms with Crippen molar-refractivity contribution in [2.24, 2.45) is 0 Å². The molecule has 0 radical (unpaired) electrons. The van der Waals surface area contributed by atoms with Crippen LogP contribution in [-0.4, -0.2) is 40.4 Å². The van der Waals surface area contributed by atoms with Crippen molar-refractivity contribution >= 4 is 17.1 Å². The van der Waals surface area contributed by atoms with Gasteiger partial charge in [0.1, 0.15) is 17.0 Å². The zero-order valence-electron chi connectivity index (χ0n) is 11.0.